The number of piperazine rings is 1. The van der Waals surface area contributed by atoms with Gasteiger partial charge in [-0.1, -0.05) is 27.2 Å². The van der Waals surface area contributed by atoms with Crippen LogP contribution in [0.25, 0.3) is 10.2 Å². The summed E-state index contributed by atoms with van der Waals surface area (Å²) in [5, 5.41) is 1.31. The number of thiophene rings is 1. The molecule has 2 fully saturated rings. The number of aromatic nitrogens is 2. The molecule has 1 atom stereocenters. The van der Waals surface area contributed by atoms with Gasteiger partial charge in [0.25, 0.3) is 0 Å². The maximum Gasteiger partial charge on any atom is 0.225 e. The predicted octanol–water partition coefficient (Wildman–Crippen LogP) is 4.39. The van der Waals surface area contributed by atoms with Crippen molar-refractivity contribution in [3.63, 3.8) is 0 Å². The lowest BCUT2D eigenvalue weighted by atomic mass is 9.84. The molecule has 1 saturated carbocycles. The monoisotopic (exact) mass is 412 g/mol. The van der Waals surface area contributed by atoms with Crippen molar-refractivity contribution in [2.45, 2.75) is 65.2 Å². The van der Waals surface area contributed by atoms with Gasteiger partial charge in [-0.2, -0.15) is 0 Å². The van der Waals surface area contributed by atoms with E-state index in [1.807, 2.05) is 11.3 Å². The molecule has 5 rings (SSSR count). The first kappa shape index (κ1) is 19.3. The average molecular weight is 413 g/mol. The second kappa shape index (κ2) is 7.53. The van der Waals surface area contributed by atoms with E-state index in [9.17, 15) is 4.79 Å². The van der Waals surface area contributed by atoms with Crippen LogP contribution in [0.1, 0.15) is 68.6 Å². The second-order valence-corrected chi connectivity index (χ2v) is 10.6. The van der Waals surface area contributed by atoms with Crippen molar-refractivity contribution in [1.29, 1.82) is 0 Å². The van der Waals surface area contributed by atoms with E-state index >= 15 is 0 Å². The fourth-order valence-corrected chi connectivity index (χ4v) is 6.26. The molecular formula is C23H32N4OS. The van der Waals surface area contributed by atoms with Crippen LogP contribution in [-0.2, 0) is 17.6 Å². The molecule has 1 amide bonds. The molecule has 0 unspecified atom stereocenters. The van der Waals surface area contributed by atoms with Crippen molar-refractivity contribution in [1.82, 2.24) is 14.9 Å². The fraction of sp³-hybridized carbons (Fsp3) is 0.696. The second-order valence-electron chi connectivity index (χ2n) is 9.53. The van der Waals surface area contributed by atoms with Crippen LogP contribution in [0.2, 0.25) is 0 Å². The Morgan fingerprint density at radius 3 is 2.52 bits per heavy atom. The highest BCUT2D eigenvalue weighted by molar-refractivity contribution is 7.19. The number of fused-ring (bicyclic) bond motifs is 3. The molecule has 5 nitrogen and oxygen atoms in total. The topological polar surface area (TPSA) is 49.3 Å². The third-order valence-corrected chi connectivity index (χ3v) is 8.16. The van der Waals surface area contributed by atoms with Gasteiger partial charge in [0.15, 0.2) is 0 Å². The molecule has 29 heavy (non-hydrogen) atoms. The summed E-state index contributed by atoms with van der Waals surface area (Å²) in [5.74, 6) is 3.84. The van der Waals surface area contributed by atoms with E-state index < -0.39 is 0 Å². The average Bonchev–Trinajstić information content (AvgIpc) is 3.03. The molecular weight excluding hydrogens is 380 g/mol. The Labute approximate surface area is 177 Å². The zero-order chi connectivity index (χ0) is 20.1. The number of aryl methyl sites for hydroxylation is 1. The molecule has 156 valence electrons. The minimum atomic E-state index is 0.297. The third-order valence-electron chi connectivity index (χ3n) is 7.01. The van der Waals surface area contributed by atoms with Crippen molar-refractivity contribution >= 4 is 33.3 Å². The third kappa shape index (κ3) is 3.43. The summed E-state index contributed by atoms with van der Waals surface area (Å²) in [5.41, 5.74) is 1.50. The van der Waals surface area contributed by atoms with Gasteiger partial charge in [-0.05, 0) is 43.6 Å². The quantitative estimate of drug-likeness (QED) is 0.750. The molecule has 0 radical (unpaired) electrons. The number of amides is 1. The normalized spacial score (nSPS) is 22.8. The van der Waals surface area contributed by atoms with Gasteiger partial charge < -0.3 is 9.80 Å². The molecule has 0 spiro atoms. The van der Waals surface area contributed by atoms with Crippen molar-refractivity contribution in [2.24, 2.45) is 11.8 Å². The van der Waals surface area contributed by atoms with Gasteiger partial charge in [-0.25, -0.2) is 9.97 Å². The molecule has 1 saturated heterocycles. The molecule has 1 aliphatic heterocycles. The number of nitrogens with zero attached hydrogens (tertiary/aromatic N) is 4. The summed E-state index contributed by atoms with van der Waals surface area (Å²) in [7, 11) is 0. The summed E-state index contributed by atoms with van der Waals surface area (Å²) in [6.07, 6.45) is 6.97. The first-order chi connectivity index (χ1) is 14.0. The Balaban J connectivity index is 1.46. The van der Waals surface area contributed by atoms with E-state index in [4.69, 9.17) is 9.97 Å². The van der Waals surface area contributed by atoms with Crippen LogP contribution in [0.4, 0.5) is 5.82 Å². The Morgan fingerprint density at radius 1 is 1.10 bits per heavy atom. The first-order valence-corrected chi connectivity index (χ1v) is 12.2. The largest absolute Gasteiger partial charge is 0.352 e. The molecule has 3 heterocycles. The van der Waals surface area contributed by atoms with Crippen molar-refractivity contribution in [2.75, 3.05) is 31.1 Å². The Morgan fingerprint density at radius 2 is 1.86 bits per heavy atom. The fourth-order valence-electron chi connectivity index (χ4n) is 4.88. The molecule has 0 bridgehead atoms. The summed E-state index contributed by atoms with van der Waals surface area (Å²) in [6.45, 7) is 10.1. The van der Waals surface area contributed by atoms with Gasteiger partial charge in [-0.3, -0.25) is 4.79 Å². The molecule has 0 aromatic carbocycles. The molecule has 3 aliphatic rings. The lowest BCUT2D eigenvalue weighted by molar-refractivity contribution is -0.138. The highest BCUT2D eigenvalue weighted by atomic mass is 32.1. The highest BCUT2D eigenvalue weighted by Crippen LogP contribution is 2.41. The summed E-state index contributed by atoms with van der Waals surface area (Å²) in [4.78, 5) is 29.9. The van der Waals surface area contributed by atoms with Crippen LogP contribution < -0.4 is 4.90 Å². The number of rotatable bonds is 3. The number of carbonyl (C=O) groups excluding carboxylic acids is 1. The van der Waals surface area contributed by atoms with Gasteiger partial charge in [0.2, 0.25) is 5.91 Å². The zero-order valence-electron chi connectivity index (χ0n) is 17.9. The van der Waals surface area contributed by atoms with Crippen LogP contribution >= 0.6 is 11.3 Å². The van der Waals surface area contributed by atoms with Crippen LogP contribution in [0.15, 0.2) is 0 Å². The van der Waals surface area contributed by atoms with Crippen LogP contribution in [-0.4, -0.2) is 47.0 Å². The summed E-state index contributed by atoms with van der Waals surface area (Å²) < 4.78 is 0. The maximum absolute atomic E-state index is 12.6. The van der Waals surface area contributed by atoms with Gasteiger partial charge in [0.05, 0.1) is 5.39 Å². The predicted molar refractivity (Wildman–Crippen MR) is 119 cm³/mol. The SMILES string of the molecule is CC(C)c1nc(N2CCN(C(=O)C3CCC3)CC2)c2c3c(sc2n1)C[C@H](C)CC3. The van der Waals surface area contributed by atoms with E-state index in [0.717, 1.165) is 63.0 Å². The Hall–Kier alpha value is -1.69. The lowest BCUT2D eigenvalue weighted by Crippen LogP contribution is -2.51. The van der Waals surface area contributed by atoms with Crippen molar-refractivity contribution in [3.05, 3.63) is 16.3 Å². The summed E-state index contributed by atoms with van der Waals surface area (Å²) in [6, 6.07) is 0. The van der Waals surface area contributed by atoms with E-state index in [2.05, 4.69) is 30.6 Å². The van der Waals surface area contributed by atoms with Gasteiger partial charge >= 0.3 is 0 Å². The minimum Gasteiger partial charge on any atom is -0.352 e. The number of carbonyl (C=O) groups is 1. The van der Waals surface area contributed by atoms with Crippen molar-refractivity contribution < 1.29 is 4.79 Å². The lowest BCUT2D eigenvalue weighted by Gasteiger charge is -2.39. The van der Waals surface area contributed by atoms with Gasteiger partial charge in [0, 0.05) is 42.9 Å². The Bertz CT molecular complexity index is 925. The standard InChI is InChI=1S/C23H32N4OS/c1-14(2)20-24-21(19-17-8-7-15(3)13-18(17)29-22(19)25-20)26-9-11-27(12-10-26)23(28)16-5-4-6-16/h14-16H,4-13H2,1-3H3/t15-/m1/s1. The van der Waals surface area contributed by atoms with Gasteiger partial charge in [0.1, 0.15) is 16.5 Å². The number of hydrogen-bond acceptors (Lipinski definition) is 5. The van der Waals surface area contributed by atoms with Crippen LogP contribution in [0.3, 0.4) is 0 Å². The Kier molecular flexibility index (Phi) is 5.01. The zero-order valence-corrected chi connectivity index (χ0v) is 18.7. The van der Waals surface area contributed by atoms with E-state index in [1.54, 1.807) is 0 Å². The molecule has 0 N–H and O–H groups in total. The molecule has 2 aromatic heterocycles. The molecule has 2 aliphatic carbocycles. The molecule has 2 aromatic rings. The van der Waals surface area contributed by atoms with Crippen LogP contribution in [0.5, 0.6) is 0 Å². The summed E-state index contributed by atoms with van der Waals surface area (Å²) >= 11 is 1.89. The van der Waals surface area contributed by atoms with Crippen molar-refractivity contribution in [3.8, 4) is 0 Å². The van der Waals surface area contributed by atoms with Gasteiger partial charge in [-0.15, -0.1) is 11.3 Å². The van der Waals surface area contributed by atoms with E-state index in [-0.39, 0.29) is 0 Å². The maximum atomic E-state index is 12.6. The molecule has 6 heteroatoms. The minimum absolute atomic E-state index is 0.297. The first-order valence-electron chi connectivity index (χ1n) is 11.4. The number of hydrogen-bond donors (Lipinski definition) is 0. The number of anilines is 1. The van der Waals surface area contributed by atoms with E-state index in [1.165, 1.54) is 39.9 Å². The highest BCUT2D eigenvalue weighted by Gasteiger charge is 2.33. The van der Waals surface area contributed by atoms with Crippen LogP contribution in [0, 0.1) is 11.8 Å². The smallest absolute Gasteiger partial charge is 0.225 e. The van der Waals surface area contributed by atoms with E-state index in [0.29, 0.717) is 17.7 Å².